The molecule has 2 atom stereocenters. The van der Waals surface area contributed by atoms with E-state index < -0.39 is 23.3 Å². The summed E-state index contributed by atoms with van der Waals surface area (Å²) in [5, 5.41) is 11.2. The van der Waals surface area contributed by atoms with Crippen LogP contribution >= 0.6 is 0 Å². The molecule has 6 heteroatoms. The Kier molecular flexibility index (Phi) is 5.06. The Labute approximate surface area is 162 Å². The molecular weight excluding hydrogens is 364 g/mol. The maximum atomic E-state index is 13.7. The number of ether oxygens (including phenoxy) is 1. The molecule has 148 valence electrons. The van der Waals surface area contributed by atoms with Crippen molar-refractivity contribution in [3.05, 3.63) is 71.3 Å². The predicted octanol–water partition coefficient (Wildman–Crippen LogP) is 4.51. The second-order valence-corrected chi connectivity index (χ2v) is 7.78. The van der Waals surface area contributed by atoms with E-state index in [1.54, 1.807) is 4.90 Å². The quantitative estimate of drug-likeness (QED) is 0.843. The SMILES string of the molecule is O=C(OCc1ccccc1)N1C2CCCC1CC(O)(c1cc(F)cc(F)c1)C2. The van der Waals surface area contributed by atoms with Gasteiger partial charge in [-0.05, 0) is 42.5 Å². The summed E-state index contributed by atoms with van der Waals surface area (Å²) in [6.07, 6.45) is 2.50. The lowest BCUT2D eigenvalue weighted by molar-refractivity contribution is -0.0899. The van der Waals surface area contributed by atoms with E-state index in [-0.39, 0.29) is 37.1 Å². The van der Waals surface area contributed by atoms with E-state index in [4.69, 9.17) is 4.74 Å². The van der Waals surface area contributed by atoms with E-state index in [9.17, 15) is 18.7 Å². The van der Waals surface area contributed by atoms with Gasteiger partial charge in [0.05, 0.1) is 5.60 Å². The number of fused-ring (bicyclic) bond motifs is 2. The molecule has 4 nitrogen and oxygen atoms in total. The van der Waals surface area contributed by atoms with Gasteiger partial charge in [-0.25, -0.2) is 13.6 Å². The molecule has 2 unspecified atom stereocenters. The number of hydrogen-bond donors (Lipinski definition) is 1. The van der Waals surface area contributed by atoms with Crippen LogP contribution in [-0.4, -0.2) is 28.2 Å². The fourth-order valence-corrected chi connectivity index (χ4v) is 4.58. The van der Waals surface area contributed by atoms with Crippen LogP contribution in [0.1, 0.15) is 43.2 Å². The molecule has 0 radical (unpaired) electrons. The Morgan fingerprint density at radius 2 is 1.68 bits per heavy atom. The molecule has 2 aliphatic heterocycles. The zero-order chi connectivity index (χ0) is 19.7. The smallest absolute Gasteiger partial charge is 0.410 e. The number of aliphatic hydroxyl groups is 1. The molecule has 2 aliphatic rings. The van der Waals surface area contributed by atoms with E-state index in [0.29, 0.717) is 0 Å². The third-order valence-corrected chi connectivity index (χ3v) is 5.82. The zero-order valence-electron chi connectivity index (χ0n) is 15.5. The average Bonchev–Trinajstić information content (AvgIpc) is 2.65. The summed E-state index contributed by atoms with van der Waals surface area (Å²) >= 11 is 0. The van der Waals surface area contributed by atoms with Gasteiger partial charge < -0.3 is 14.7 Å². The molecule has 28 heavy (non-hydrogen) atoms. The van der Waals surface area contributed by atoms with Gasteiger partial charge in [0.15, 0.2) is 0 Å². The van der Waals surface area contributed by atoms with Crippen LogP contribution in [0.15, 0.2) is 48.5 Å². The van der Waals surface area contributed by atoms with Gasteiger partial charge in [0.2, 0.25) is 0 Å². The standard InChI is InChI=1S/C22H23F2NO3/c23-17-9-16(10-18(24)11-17)22(27)12-19-7-4-8-20(13-22)25(19)21(26)28-14-15-5-2-1-3-6-15/h1-3,5-6,9-11,19-20,27H,4,7-8,12-14H2. The molecule has 0 aliphatic carbocycles. The van der Waals surface area contributed by atoms with Gasteiger partial charge in [-0.3, -0.25) is 0 Å². The Morgan fingerprint density at radius 1 is 1.07 bits per heavy atom. The van der Waals surface area contributed by atoms with E-state index in [0.717, 1.165) is 30.9 Å². The van der Waals surface area contributed by atoms with E-state index >= 15 is 0 Å². The first-order valence-electron chi connectivity index (χ1n) is 9.62. The lowest BCUT2D eigenvalue weighted by Gasteiger charge is -2.51. The molecule has 1 N–H and O–H groups in total. The normalized spacial score (nSPS) is 26.8. The van der Waals surface area contributed by atoms with E-state index in [1.807, 2.05) is 30.3 Å². The third kappa shape index (κ3) is 3.74. The number of halogens is 2. The molecule has 0 saturated carbocycles. The first-order valence-corrected chi connectivity index (χ1v) is 9.62. The molecule has 2 bridgehead atoms. The van der Waals surface area contributed by atoms with Gasteiger partial charge >= 0.3 is 6.09 Å². The summed E-state index contributed by atoms with van der Waals surface area (Å²) in [4.78, 5) is 14.5. The topological polar surface area (TPSA) is 49.8 Å². The monoisotopic (exact) mass is 387 g/mol. The second kappa shape index (κ2) is 7.51. The molecule has 2 fully saturated rings. The van der Waals surface area contributed by atoms with Gasteiger partial charge in [-0.1, -0.05) is 30.3 Å². The van der Waals surface area contributed by atoms with Crippen LogP contribution in [0.2, 0.25) is 0 Å². The van der Waals surface area contributed by atoms with Crippen molar-refractivity contribution >= 4 is 6.09 Å². The summed E-state index contributed by atoms with van der Waals surface area (Å²) in [6.45, 7) is 0.189. The number of carbonyl (C=O) groups is 1. The van der Waals surface area contributed by atoms with Crippen LogP contribution in [0.4, 0.5) is 13.6 Å². The van der Waals surface area contributed by atoms with Crippen molar-refractivity contribution in [2.24, 2.45) is 0 Å². The highest BCUT2D eigenvalue weighted by Gasteiger charge is 2.48. The van der Waals surface area contributed by atoms with Crippen molar-refractivity contribution in [3.8, 4) is 0 Å². The highest BCUT2D eigenvalue weighted by Crippen LogP contribution is 2.44. The third-order valence-electron chi connectivity index (χ3n) is 5.82. The maximum Gasteiger partial charge on any atom is 0.410 e. The fraction of sp³-hybridized carbons (Fsp3) is 0.409. The summed E-state index contributed by atoms with van der Waals surface area (Å²) in [5.41, 5.74) is -0.210. The zero-order valence-corrected chi connectivity index (χ0v) is 15.5. The van der Waals surface area contributed by atoms with Crippen molar-refractivity contribution in [2.45, 2.75) is 56.4 Å². The first-order chi connectivity index (χ1) is 13.4. The number of hydrogen-bond acceptors (Lipinski definition) is 3. The van der Waals surface area contributed by atoms with Crippen LogP contribution in [0.25, 0.3) is 0 Å². The number of nitrogens with zero attached hydrogens (tertiary/aromatic N) is 1. The van der Waals surface area contributed by atoms with Gasteiger partial charge in [0, 0.05) is 31.0 Å². The van der Waals surface area contributed by atoms with Crippen molar-refractivity contribution in [3.63, 3.8) is 0 Å². The molecule has 2 heterocycles. The minimum absolute atomic E-state index is 0.189. The first kappa shape index (κ1) is 18.9. The Hall–Kier alpha value is -2.47. The van der Waals surface area contributed by atoms with Gasteiger partial charge in [-0.2, -0.15) is 0 Å². The molecule has 4 rings (SSSR count). The Bertz CT molecular complexity index is 824. The number of piperidine rings is 2. The van der Waals surface area contributed by atoms with Crippen molar-refractivity contribution in [1.82, 2.24) is 4.90 Å². The molecule has 1 amide bonds. The van der Waals surface area contributed by atoms with E-state index in [1.165, 1.54) is 12.1 Å². The number of benzene rings is 2. The van der Waals surface area contributed by atoms with Crippen LogP contribution in [0.5, 0.6) is 0 Å². The van der Waals surface area contributed by atoms with E-state index in [2.05, 4.69) is 0 Å². The average molecular weight is 387 g/mol. The largest absolute Gasteiger partial charge is 0.445 e. The molecule has 2 saturated heterocycles. The number of rotatable bonds is 3. The molecule has 0 spiro atoms. The van der Waals surface area contributed by atoms with Crippen molar-refractivity contribution in [2.75, 3.05) is 0 Å². The second-order valence-electron chi connectivity index (χ2n) is 7.78. The van der Waals surface area contributed by atoms with Crippen LogP contribution in [0.3, 0.4) is 0 Å². The van der Waals surface area contributed by atoms with Crippen LogP contribution in [0, 0.1) is 11.6 Å². The summed E-state index contributed by atoms with van der Waals surface area (Å²) in [6, 6.07) is 12.2. The highest BCUT2D eigenvalue weighted by molar-refractivity contribution is 5.69. The summed E-state index contributed by atoms with van der Waals surface area (Å²) < 4.78 is 32.8. The number of amides is 1. The predicted molar refractivity (Wildman–Crippen MR) is 99.4 cm³/mol. The minimum atomic E-state index is -1.35. The maximum absolute atomic E-state index is 13.7. The number of carbonyl (C=O) groups excluding carboxylic acids is 1. The molecule has 2 aromatic rings. The fourth-order valence-electron chi connectivity index (χ4n) is 4.58. The Balaban J connectivity index is 1.51. The summed E-state index contributed by atoms with van der Waals surface area (Å²) in [5.74, 6) is -1.42. The van der Waals surface area contributed by atoms with Gasteiger partial charge in [-0.15, -0.1) is 0 Å². The van der Waals surface area contributed by atoms with Crippen molar-refractivity contribution in [1.29, 1.82) is 0 Å². The lowest BCUT2D eigenvalue weighted by atomic mass is 9.72. The van der Waals surface area contributed by atoms with Gasteiger partial charge in [0.1, 0.15) is 18.2 Å². The van der Waals surface area contributed by atoms with Gasteiger partial charge in [0.25, 0.3) is 0 Å². The Morgan fingerprint density at radius 3 is 2.29 bits per heavy atom. The molecular formula is C22H23F2NO3. The molecule has 0 aromatic heterocycles. The minimum Gasteiger partial charge on any atom is -0.445 e. The highest BCUT2D eigenvalue weighted by atomic mass is 19.1. The molecule has 2 aromatic carbocycles. The van der Waals surface area contributed by atoms with Crippen LogP contribution in [-0.2, 0) is 16.9 Å². The van der Waals surface area contributed by atoms with Crippen molar-refractivity contribution < 1.29 is 23.4 Å². The summed E-state index contributed by atoms with van der Waals surface area (Å²) in [7, 11) is 0. The lowest BCUT2D eigenvalue weighted by Crippen LogP contribution is -2.58. The van der Waals surface area contributed by atoms with Crippen LogP contribution < -0.4 is 0 Å².